The Bertz CT molecular complexity index is 794. The highest BCUT2D eigenvalue weighted by Gasteiger charge is 2.28. The van der Waals surface area contributed by atoms with Gasteiger partial charge in [-0.2, -0.15) is 0 Å². The van der Waals surface area contributed by atoms with Crippen LogP contribution in [0, 0.1) is 25.7 Å². The highest BCUT2D eigenvalue weighted by Crippen LogP contribution is 2.30. The monoisotopic (exact) mass is 368 g/mol. The number of nitrogens with one attached hydrogen (secondary N) is 1. The van der Waals surface area contributed by atoms with Crippen molar-refractivity contribution < 1.29 is 9.90 Å². The van der Waals surface area contributed by atoms with Gasteiger partial charge in [-0.1, -0.05) is 57.0 Å². The highest BCUT2D eigenvalue weighted by molar-refractivity contribution is 5.91. The summed E-state index contributed by atoms with van der Waals surface area (Å²) in [6.45, 7) is 9.94. The molecule has 0 radical (unpaired) electrons. The molecule has 1 saturated carbocycles. The van der Waals surface area contributed by atoms with E-state index >= 15 is 0 Å². The van der Waals surface area contributed by atoms with Crippen LogP contribution >= 0.6 is 0 Å². The molecule has 1 aromatic carbocycles. The predicted octanol–water partition coefficient (Wildman–Crippen LogP) is 4.77. The van der Waals surface area contributed by atoms with Gasteiger partial charge in [-0.3, -0.25) is 0 Å². The van der Waals surface area contributed by atoms with E-state index in [-0.39, 0.29) is 0 Å². The first kappa shape index (κ1) is 19.7. The van der Waals surface area contributed by atoms with Crippen LogP contribution in [0.4, 0.5) is 0 Å². The number of hydrogen-bond donors (Lipinski definition) is 2. The quantitative estimate of drug-likeness (QED) is 0.772. The maximum Gasteiger partial charge on any atom is 0.337 e. The van der Waals surface area contributed by atoms with Crippen molar-refractivity contribution in [2.24, 2.45) is 11.8 Å². The number of nitrogens with zero attached hydrogens (tertiary/aromatic N) is 1. The van der Waals surface area contributed by atoms with Gasteiger partial charge in [0.1, 0.15) is 0 Å². The van der Waals surface area contributed by atoms with E-state index in [4.69, 9.17) is 0 Å². The van der Waals surface area contributed by atoms with Crippen molar-refractivity contribution in [2.75, 3.05) is 0 Å². The van der Waals surface area contributed by atoms with Gasteiger partial charge in [0.15, 0.2) is 0 Å². The number of carboxylic acids is 1. The lowest BCUT2D eigenvalue weighted by molar-refractivity contribution is 0.0694. The zero-order chi connectivity index (χ0) is 19.6. The SMILES string of the molecule is Cc1c(CN[C@@H]2CCC[C@@H](C)[C@@H]2C)c(C(=O)O)c(C)n1Cc1ccccc1. The Balaban J connectivity index is 1.85. The molecule has 146 valence electrons. The van der Waals surface area contributed by atoms with E-state index in [0.717, 1.165) is 22.9 Å². The average molecular weight is 369 g/mol. The Hall–Kier alpha value is -2.07. The lowest BCUT2D eigenvalue weighted by atomic mass is 9.78. The van der Waals surface area contributed by atoms with E-state index in [1.807, 2.05) is 32.0 Å². The third-order valence-electron chi connectivity index (χ3n) is 6.56. The van der Waals surface area contributed by atoms with E-state index in [2.05, 4.69) is 35.9 Å². The summed E-state index contributed by atoms with van der Waals surface area (Å²) in [7, 11) is 0. The molecule has 0 unspecified atom stereocenters. The molecule has 4 heteroatoms. The first-order chi connectivity index (χ1) is 12.9. The van der Waals surface area contributed by atoms with Crippen LogP contribution in [0.2, 0.25) is 0 Å². The van der Waals surface area contributed by atoms with Crippen LogP contribution in [0.3, 0.4) is 0 Å². The van der Waals surface area contributed by atoms with Gasteiger partial charge in [0.2, 0.25) is 0 Å². The Morgan fingerprint density at radius 3 is 2.52 bits per heavy atom. The molecule has 1 aliphatic rings. The van der Waals surface area contributed by atoms with Gasteiger partial charge in [-0.25, -0.2) is 4.79 Å². The van der Waals surface area contributed by atoms with Crippen molar-refractivity contribution in [2.45, 2.75) is 66.1 Å². The molecule has 1 heterocycles. The van der Waals surface area contributed by atoms with Gasteiger partial charge >= 0.3 is 5.97 Å². The molecule has 1 fully saturated rings. The zero-order valence-corrected chi connectivity index (χ0v) is 17.0. The van der Waals surface area contributed by atoms with Crippen molar-refractivity contribution in [1.29, 1.82) is 0 Å². The lowest BCUT2D eigenvalue weighted by Gasteiger charge is -2.34. The second kappa shape index (κ2) is 8.30. The third-order valence-corrected chi connectivity index (χ3v) is 6.56. The largest absolute Gasteiger partial charge is 0.478 e. The molecule has 3 atom stereocenters. The van der Waals surface area contributed by atoms with Crippen LogP contribution in [-0.2, 0) is 13.1 Å². The second-order valence-electron chi connectivity index (χ2n) is 8.16. The molecule has 0 amide bonds. The summed E-state index contributed by atoms with van der Waals surface area (Å²) in [6.07, 6.45) is 3.73. The van der Waals surface area contributed by atoms with Gasteiger partial charge in [-0.15, -0.1) is 0 Å². The Kier molecular flexibility index (Phi) is 6.05. The van der Waals surface area contributed by atoms with Gasteiger partial charge in [0, 0.05) is 36.1 Å². The molecule has 1 aromatic heterocycles. The number of rotatable bonds is 6. The average Bonchev–Trinajstić information content (AvgIpc) is 2.88. The molecule has 3 rings (SSSR count). The summed E-state index contributed by atoms with van der Waals surface area (Å²) in [5.41, 5.74) is 4.47. The minimum absolute atomic E-state index is 0.465. The maximum absolute atomic E-state index is 12.0. The third kappa shape index (κ3) is 4.11. The molecular weight excluding hydrogens is 336 g/mol. The summed E-state index contributed by atoms with van der Waals surface area (Å²) in [5, 5.41) is 13.5. The molecule has 0 bridgehead atoms. The van der Waals surface area contributed by atoms with Crippen molar-refractivity contribution in [3.8, 4) is 0 Å². The van der Waals surface area contributed by atoms with Gasteiger partial charge in [0.25, 0.3) is 0 Å². The highest BCUT2D eigenvalue weighted by atomic mass is 16.4. The molecule has 0 saturated heterocycles. The lowest BCUT2D eigenvalue weighted by Crippen LogP contribution is -2.40. The maximum atomic E-state index is 12.0. The van der Waals surface area contributed by atoms with Crippen molar-refractivity contribution in [3.63, 3.8) is 0 Å². The summed E-state index contributed by atoms with van der Waals surface area (Å²) < 4.78 is 2.14. The van der Waals surface area contributed by atoms with Crippen LogP contribution in [0.5, 0.6) is 0 Å². The number of aromatic carboxylic acids is 1. The standard InChI is InChI=1S/C23H32N2O2/c1-15-9-8-12-21(16(15)2)24-13-20-17(3)25(18(4)22(20)23(26)27)14-19-10-6-5-7-11-19/h5-7,10-11,15-16,21,24H,8-9,12-14H2,1-4H3,(H,26,27)/t15-,16+,21-/m1/s1. The fourth-order valence-corrected chi connectivity index (χ4v) is 4.56. The van der Waals surface area contributed by atoms with E-state index in [1.165, 1.54) is 24.8 Å². The molecule has 27 heavy (non-hydrogen) atoms. The fraction of sp³-hybridized carbons (Fsp3) is 0.522. The first-order valence-electron chi connectivity index (χ1n) is 10.1. The minimum Gasteiger partial charge on any atom is -0.478 e. The Morgan fingerprint density at radius 1 is 1.15 bits per heavy atom. The van der Waals surface area contributed by atoms with Crippen LogP contribution in [0.15, 0.2) is 30.3 Å². The van der Waals surface area contributed by atoms with Crippen LogP contribution < -0.4 is 5.32 Å². The molecule has 2 N–H and O–H groups in total. The van der Waals surface area contributed by atoms with Crippen molar-refractivity contribution >= 4 is 5.97 Å². The van der Waals surface area contributed by atoms with E-state index in [0.29, 0.717) is 30.6 Å². The molecule has 4 nitrogen and oxygen atoms in total. The first-order valence-corrected chi connectivity index (χ1v) is 10.1. The van der Waals surface area contributed by atoms with E-state index < -0.39 is 5.97 Å². The number of hydrogen-bond acceptors (Lipinski definition) is 2. The topological polar surface area (TPSA) is 54.3 Å². The summed E-state index contributed by atoms with van der Waals surface area (Å²) >= 11 is 0. The van der Waals surface area contributed by atoms with Crippen LogP contribution in [-0.4, -0.2) is 21.7 Å². The Morgan fingerprint density at radius 2 is 1.85 bits per heavy atom. The van der Waals surface area contributed by atoms with Crippen LogP contribution in [0.25, 0.3) is 0 Å². The molecule has 1 aliphatic carbocycles. The fourth-order valence-electron chi connectivity index (χ4n) is 4.56. The second-order valence-corrected chi connectivity index (χ2v) is 8.16. The molecular formula is C23H32N2O2. The van der Waals surface area contributed by atoms with Crippen molar-refractivity contribution in [3.05, 3.63) is 58.4 Å². The summed E-state index contributed by atoms with van der Waals surface area (Å²) in [6, 6.07) is 10.7. The van der Waals surface area contributed by atoms with Crippen molar-refractivity contribution in [1.82, 2.24) is 9.88 Å². The summed E-state index contributed by atoms with van der Waals surface area (Å²) in [5.74, 6) is 0.518. The number of carbonyl (C=O) groups is 1. The van der Waals surface area contributed by atoms with Gasteiger partial charge < -0.3 is 15.0 Å². The van der Waals surface area contributed by atoms with Gasteiger partial charge in [0.05, 0.1) is 5.56 Å². The van der Waals surface area contributed by atoms with Crippen LogP contribution in [0.1, 0.15) is 66.0 Å². The van der Waals surface area contributed by atoms with E-state index in [1.54, 1.807) is 0 Å². The van der Waals surface area contributed by atoms with Gasteiger partial charge in [-0.05, 0) is 37.7 Å². The smallest absolute Gasteiger partial charge is 0.337 e. The number of benzene rings is 1. The molecule has 0 aliphatic heterocycles. The Labute approximate surface area is 162 Å². The normalized spacial score (nSPS) is 22.7. The summed E-state index contributed by atoms with van der Waals surface area (Å²) in [4.78, 5) is 12.0. The predicted molar refractivity (Wildman–Crippen MR) is 109 cm³/mol. The molecule has 0 spiro atoms. The number of aromatic nitrogens is 1. The van der Waals surface area contributed by atoms with E-state index in [9.17, 15) is 9.90 Å². The molecule has 2 aromatic rings. The number of carboxylic acid groups (broad SMARTS) is 1. The zero-order valence-electron chi connectivity index (χ0n) is 17.0. The minimum atomic E-state index is -0.829.